The molecule has 56 valence electrons. The highest BCUT2D eigenvalue weighted by atomic mass is 127. The highest BCUT2D eigenvalue weighted by Crippen LogP contribution is 2.29. The quantitative estimate of drug-likeness (QED) is 0.540. The van der Waals surface area contributed by atoms with Gasteiger partial charge in [0.1, 0.15) is 3.61 Å². The predicted octanol–water partition coefficient (Wildman–Crippen LogP) is 2.67. The first-order valence-corrected chi connectivity index (χ1v) is 4.52. The third kappa shape index (κ3) is 2.09. The third-order valence-corrected chi connectivity index (χ3v) is 2.48. The Labute approximate surface area is 75.3 Å². The van der Waals surface area contributed by atoms with E-state index in [1.54, 1.807) is 0 Å². The molecule has 0 saturated carbocycles. The number of allylic oxidation sites excluding steroid dienone is 2. The lowest BCUT2D eigenvalue weighted by Gasteiger charge is -2.23. The molecular weight excluding hydrogens is 239 g/mol. The molecule has 1 aliphatic carbocycles. The van der Waals surface area contributed by atoms with E-state index in [2.05, 4.69) is 40.8 Å². The van der Waals surface area contributed by atoms with Crippen LogP contribution in [0.4, 0.5) is 0 Å². The zero-order valence-corrected chi connectivity index (χ0v) is 8.17. The van der Waals surface area contributed by atoms with Crippen LogP contribution in [0.25, 0.3) is 0 Å². The molecule has 0 heterocycles. The average molecular weight is 250 g/mol. The van der Waals surface area contributed by atoms with Crippen molar-refractivity contribution in [3.8, 4) is 0 Å². The van der Waals surface area contributed by atoms with Crippen molar-refractivity contribution in [2.24, 2.45) is 0 Å². The summed E-state index contributed by atoms with van der Waals surface area (Å²) in [5.74, 6) is 0. The summed E-state index contributed by atoms with van der Waals surface area (Å²) in [5.41, 5.74) is 0. The number of hydrogen-bond donors (Lipinski definition) is 0. The minimum Gasteiger partial charge on any atom is -0.361 e. The summed E-state index contributed by atoms with van der Waals surface area (Å²) >= 11 is 2.33. The van der Waals surface area contributed by atoms with Crippen LogP contribution in [0, 0.1) is 0 Å². The van der Waals surface area contributed by atoms with Crippen LogP contribution in [-0.4, -0.2) is 10.2 Å². The van der Waals surface area contributed by atoms with E-state index in [0.29, 0.717) is 0 Å². The van der Waals surface area contributed by atoms with Gasteiger partial charge in [-0.2, -0.15) is 0 Å². The molecule has 1 aliphatic rings. The molecule has 2 heteroatoms. The molecule has 0 unspecified atom stereocenters. The summed E-state index contributed by atoms with van der Waals surface area (Å²) in [6.07, 6.45) is 9.29. The maximum atomic E-state index is 5.52. The molecule has 0 saturated heterocycles. The lowest BCUT2D eigenvalue weighted by atomic mass is 10.1. The van der Waals surface area contributed by atoms with E-state index in [1.807, 2.05) is 13.0 Å². The summed E-state index contributed by atoms with van der Waals surface area (Å²) in [7, 11) is 0. The fraction of sp³-hybridized carbons (Fsp3) is 0.500. The van der Waals surface area contributed by atoms with Crippen molar-refractivity contribution in [2.45, 2.75) is 17.0 Å². The molecule has 0 aliphatic heterocycles. The van der Waals surface area contributed by atoms with Gasteiger partial charge >= 0.3 is 0 Å². The van der Waals surface area contributed by atoms with Gasteiger partial charge in [-0.3, -0.25) is 0 Å². The maximum Gasteiger partial charge on any atom is 0.141 e. The first kappa shape index (κ1) is 8.27. The summed E-state index contributed by atoms with van der Waals surface area (Å²) in [6.45, 7) is 2.80. The van der Waals surface area contributed by atoms with E-state index in [1.165, 1.54) is 0 Å². The van der Waals surface area contributed by atoms with Crippen LogP contribution < -0.4 is 0 Å². The van der Waals surface area contributed by atoms with Crippen molar-refractivity contribution >= 4 is 22.6 Å². The van der Waals surface area contributed by atoms with Crippen molar-refractivity contribution in [2.75, 3.05) is 6.61 Å². The van der Waals surface area contributed by atoms with Gasteiger partial charge in [-0.1, -0.05) is 18.2 Å². The predicted molar refractivity (Wildman–Crippen MR) is 51.3 cm³/mol. The number of ether oxygens (including phenoxy) is 1. The number of alkyl halides is 1. The zero-order chi connectivity index (χ0) is 7.45. The fourth-order valence-electron chi connectivity index (χ4n) is 0.922. The highest BCUT2D eigenvalue weighted by Gasteiger charge is 2.22. The number of rotatable bonds is 2. The standard InChI is InChI=1S/C8H11IO/c1-2-10-8(9)6-4-3-5-7-8/h3-6H,2,7H2,1H3/t8-/m0/s1. The average Bonchev–Trinajstić information content (AvgIpc) is 1.89. The Morgan fingerprint density at radius 3 is 2.90 bits per heavy atom. The van der Waals surface area contributed by atoms with E-state index in [9.17, 15) is 0 Å². The highest BCUT2D eigenvalue weighted by molar-refractivity contribution is 14.1. The van der Waals surface area contributed by atoms with Crippen molar-refractivity contribution < 1.29 is 4.74 Å². The van der Waals surface area contributed by atoms with Gasteiger partial charge in [-0.15, -0.1) is 0 Å². The molecule has 0 bridgehead atoms. The van der Waals surface area contributed by atoms with Crippen LogP contribution in [0.5, 0.6) is 0 Å². The normalized spacial score (nSPS) is 31.0. The molecule has 1 rings (SSSR count). The fourth-order valence-corrected chi connectivity index (χ4v) is 1.69. The van der Waals surface area contributed by atoms with Gasteiger partial charge in [0.25, 0.3) is 0 Å². The molecule has 0 radical (unpaired) electrons. The van der Waals surface area contributed by atoms with E-state index < -0.39 is 0 Å². The maximum absolute atomic E-state index is 5.52. The second kappa shape index (κ2) is 3.53. The Morgan fingerprint density at radius 2 is 2.40 bits per heavy atom. The Hall–Kier alpha value is 0.170. The summed E-state index contributed by atoms with van der Waals surface area (Å²) in [6, 6.07) is 0. The van der Waals surface area contributed by atoms with Crippen LogP contribution in [0.1, 0.15) is 13.3 Å². The van der Waals surface area contributed by atoms with Crippen molar-refractivity contribution in [3.05, 3.63) is 24.3 Å². The molecular formula is C8H11IO. The molecule has 0 spiro atoms. The number of halogens is 1. The van der Waals surface area contributed by atoms with Gasteiger partial charge in [0, 0.05) is 13.0 Å². The van der Waals surface area contributed by atoms with E-state index in [0.717, 1.165) is 13.0 Å². The lowest BCUT2D eigenvalue weighted by Crippen LogP contribution is -2.21. The summed E-state index contributed by atoms with van der Waals surface area (Å²) in [4.78, 5) is 0. The largest absolute Gasteiger partial charge is 0.361 e. The van der Waals surface area contributed by atoms with Gasteiger partial charge in [0.15, 0.2) is 0 Å². The monoisotopic (exact) mass is 250 g/mol. The molecule has 1 atom stereocenters. The Bertz CT molecular complexity index is 163. The minimum atomic E-state index is -0.0682. The van der Waals surface area contributed by atoms with E-state index >= 15 is 0 Å². The molecule has 0 fully saturated rings. The van der Waals surface area contributed by atoms with E-state index in [4.69, 9.17) is 4.74 Å². The SMILES string of the molecule is CCO[C@@]1(I)C=CC=CC1. The second-order valence-corrected chi connectivity index (χ2v) is 4.04. The van der Waals surface area contributed by atoms with Crippen LogP contribution in [0.2, 0.25) is 0 Å². The zero-order valence-electron chi connectivity index (χ0n) is 6.01. The Kier molecular flexibility index (Phi) is 2.92. The van der Waals surface area contributed by atoms with Crippen LogP contribution in [0.3, 0.4) is 0 Å². The molecule has 0 N–H and O–H groups in total. The van der Waals surface area contributed by atoms with Crippen LogP contribution in [-0.2, 0) is 4.74 Å². The molecule has 0 amide bonds. The van der Waals surface area contributed by atoms with E-state index in [-0.39, 0.29) is 3.61 Å². The lowest BCUT2D eigenvalue weighted by molar-refractivity contribution is 0.0846. The second-order valence-electron chi connectivity index (χ2n) is 2.21. The first-order chi connectivity index (χ1) is 4.77. The number of hydrogen-bond acceptors (Lipinski definition) is 1. The smallest absolute Gasteiger partial charge is 0.141 e. The summed E-state index contributed by atoms with van der Waals surface area (Å²) < 4.78 is 5.45. The molecule has 0 aromatic rings. The van der Waals surface area contributed by atoms with Gasteiger partial charge in [-0.25, -0.2) is 0 Å². The van der Waals surface area contributed by atoms with Crippen LogP contribution in [0.15, 0.2) is 24.3 Å². The van der Waals surface area contributed by atoms with Crippen molar-refractivity contribution in [1.29, 1.82) is 0 Å². The van der Waals surface area contributed by atoms with Gasteiger partial charge in [-0.05, 0) is 35.6 Å². The van der Waals surface area contributed by atoms with Gasteiger partial charge in [0.2, 0.25) is 0 Å². The molecule has 0 aromatic heterocycles. The topological polar surface area (TPSA) is 9.23 Å². The first-order valence-electron chi connectivity index (χ1n) is 3.44. The Morgan fingerprint density at radius 1 is 1.60 bits per heavy atom. The minimum absolute atomic E-state index is 0.0682. The van der Waals surface area contributed by atoms with Gasteiger partial charge < -0.3 is 4.74 Å². The molecule has 10 heavy (non-hydrogen) atoms. The van der Waals surface area contributed by atoms with Crippen LogP contribution >= 0.6 is 22.6 Å². The summed E-state index contributed by atoms with van der Waals surface area (Å²) in [5, 5.41) is 0. The molecule has 1 nitrogen and oxygen atoms in total. The molecule has 0 aromatic carbocycles. The third-order valence-electron chi connectivity index (χ3n) is 1.37. The van der Waals surface area contributed by atoms with Gasteiger partial charge in [0.05, 0.1) is 0 Å². The Balaban J connectivity index is 2.52. The van der Waals surface area contributed by atoms with Crippen molar-refractivity contribution in [3.63, 3.8) is 0 Å². The van der Waals surface area contributed by atoms with Crippen molar-refractivity contribution in [1.82, 2.24) is 0 Å².